The molecule has 0 radical (unpaired) electrons. The molecule has 34 heavy (non-hydrogen) atoms. The van der Waals surface area contributed by atoms with E-state index in [1.54, 1.807) is 10.9 Å². The van der Waals surface area contributed by atoms with E-state index in [1.807, 2.05) is 30.3 Å². The highest BCUT2D eigenvalue weighted by Gasteiger charge is 2.43. The predicted octanol–water partition coefficient (Wildman–Crippen LogP) is 2.23. The van der Waals surface area contributed by atoms with Gasteiger partial charge >= 0.3 is 0 Å². The minimum absolute atomic E-state index is 0.0491. The van der Waals surface area contributed by atoms with Crippen molar-refractivity contribution in [2.24, 2.45) is 5.92 Å². The summed E-state index contributed by atoms with van der Waals surface area (Å²) < 4.78 is 24.2. The number of hydrogen-bond donors (Lipinski definition) is 3. The highest BCUT2D eigenvalue weighted by Crippen LogP contribution is 2.46. The van der Waals surface area contributed by atoms with Gasteiger partial charge in [-0.1, -0.05) is 24.0 Å². The van der Waals surface area contributed by atoms with Crippen LogP contribution in [0.4, 0.5) is 0 Å². The van der Waals surface area contributed by atoms with Crippen molar-refractivity contribution in [1.82, 2.24) is 15.3 Å². The third-order valence-corrected chi connectivity index (χ3v) is 8.72. The van der Waals surface area contributed by atoms with Gasteiger partial charge in [-0.3, -0.25) is 14.7 Å². The molecule has 1 amide bonds. The summed E-state index contributed by atoms with van der Waals surface area (Å²) in [6.07, 6.45) is 3.63. The van der Waals surface area contributed by atoms with Crippen molar-refractivity contribution in [1.29, 1.82) is 0 Å². The number of rotatable bonds is 7. The third kappa shape index (κ3) is 4.71. The van der Waals surface area contributed by atoms with E-state index in [0.29, 0.717) is 11.8 Å². The molecule has 8 nitrogen and oxygen atoms in total. The molecule has 3 atom stereocenters. The fraction of sp³-hybridized carbons (Fsp3) is 0.360. The molecule has 3 aromatic rings. The second kappa shape index (κ2) is 9.22. The van der Waals surface area contributed by atoms with Gasteiger partial charge in [0.05, 0.1) is 11.7 Å². The summed E-state index contributed by atoms with van der Waals surface area (Å²) in [5.74, 6) is 6.19. The first-order valence-electron chi connectivity index (χ1n) is 11.0. The molecule has 3 N–H and O–H groups in total. The summed E-state index contributed by atoms with van der Waals surface area (Å²) in [6.45, 7) is 1.70. The van der Waals surface area contributed by atoms with Crippen LogP contribution >= 0.6 is 0 Å². The van der Waals surface area contributed by atoms with E-state index in [1.165, 1.54) is 18.0 Å². The molecule has 0 spiro atoms. The third-order valence-electron chi connectivity index (χ3n) is 6.69. The lowest BCUT2D eigenvalue weighted by molar-refractivity contribution is -0.131. The zero-order valence-electron chi connectivity index (χ0n) is 19.0. The Kier molecular flexibility index (Phi) is 6.49. The lowest BCUT2D eigenvalue weighted by atomic mass is 10.1. The van der Waals surface area contributed by atoms with Crippen LogP contribution in [-0.2, 0) is 21.2 Å². The van der Waals surface area contributed by atoms with Gasteiger partial charge in [0, 0.05) is 35.9 Å². The molecular weight excluding hydrogens is 454 g/mol. The van der Waals surface area contributed by atoms with Gasteiger partial charge in [0.25, 0.3) is 5.91 Å². The molecule has 1 unspecified atom stereocenters. The molecule has 9 heteroatoms. The van der Waals surface area contributed by atoms with E-state index in [2.05, 4.69) is 29.1 Å². The van der Waals surface area contributed by atoms with Gasteiger partial charge in [0.15, 0.2) is 14.6 Å². The standard InChI is InChI=1S/C25H27N3O5S/c1-25(24(30)27-31,34(2,32)33)11-12-28-23-10-7-18(13-20(23)15-26-28)4-3-17-5-8-19(9-6-17)22-14-21(22)16-29/h5-10,13,15,21-22,29,31H,11-12,14,16H2,1-2H3,(H,27,30)/t21-,22-,25?/m1/s1. The maximum atomic E-state index is 12.2. The Balaban J connectivity index is 1.48. The average molecular weight is 482 g/mol. The van der Waals surface area contributed by atoms with E-state index in [9.17, 15) is 18.3 Å². The second-order valence-corrected chi connectivity index (χ2v) is 11.4. The van der Waals surface area contributed by atoms with E-state index in [-0.39, 0.29) is 19.6 Å². The number of nitrogens with one attached hydrogen (secondary N) is 1. The molecule has 1 fully saturated rings. The van der Waals surface area contributed by atoms with E-state index in [0.717, 1.165) is 34.7 Å². The van der Waals surface area contributed by atoms with Crippen LogP contribution in [0.5, 0.6) is 0 Å². The molecule has 0 bridgehead atoms. The van der Waals surface area contributed by atoms with Crippen molar-refractivity contribution in [3.8, 4) is 11.8 Å². The van der Waals surface area contributed by atoms with E-state index < -0.39 is 20.5 Å². The molecular formula is C25H27N3O5S. The fourth-order valence-corrected chi connectivity index (χ4v) is 4.91. The van der Waals surface area contributed by atoms with Crippen LogP contribution in [0.25, 0.3) is 10.9 Å². The van der Waals surface area contributed by atoms with Gasteiger partial charge in [0.1, 0.15) is 0 Å². The Morgan fingerprint density at radius 2 is 1.88 bits per heavy atom. The number of nitrogens with zero attached hydrogens (tertiary/aromatic N) is 2. The van der Waals surface area contributed by atoms with Crippen LogP contribution in [0.3, 0.4) is 0 Å². The van der Waals surface area contributed by atoms with Crippen molar-refractivity contribution in [3.63, 3.8) is 0 Å². The number of aliphatic hydroxyl groups excluding tert-OH is 1. The number of sulfone groups is 1. The number of carbonyl (C=O) groups excluding carboxylic acids is 1. The lowest BCUT2D eigenvalue weighted by Crippen LogP contribution is -2.49. The molecule has 2 aromatic carbocycles. The number of aryl methyl sites for hydroxylation is 1. The largest absolute Gasteiger partial charge is 0.396 e. The van der Waals surface area contributed by atoms with Gasteiger partial charge in [0.2, 0.25) is 0 Å². The Hall–Kier alpha value is -3.19. The number of amides is 1. The monoisotopic (exact) mass is 481 g/mol. The number of benzene rings is 2. The molecule has 0 saturated heterocycles. The second-order valence-electron chi connectivity index (χ2n) is 8.99. The predicted molar refractivity (Wildman–Crippen MR) is 128 cm³/mol. The summed E-state index contributed by atoms with van der Waals surface area (Å²) in [5, 5.41) is 23.4. The zero-order chi connectivity index (χ0) is 24.5. The smallest absolute Gasteiger partial charge is 0.264 e. The van der Waals surface area contributed by atoms with E-state index in [4.69, 9.17) is 5.21 Å². The van der Waals surface area contributed by atoms with Crippen LogP contribution in [0.2, 0.25) is 0 Å². The van der Waals surface area contributed by atoms with Crippen LogP contribution in [0, 0.1) is 17.8 Å². The first-order chi connectivity index (χ1) is 16.2. The van der Waals surface area contributed by atoms with Crippen molar-refractivity contribution in [3.05, 3.63) is 65.4 Å². The number of fused-ring (bicyclic) bond motifs is 1. The molecule has 178 valence electrons. The molecule has 4 rings (SSSR count). The Labute approximate surface area is 198 Å². The lowest BCUT2D eigenvalue weighted by Gasteiger charge is -2.25. The Bertz CT molecular complexity index is 1390. The summed E-state index contributed by atoms with van der Waals surface area (Å²) in [4.78, 5) is 12.0. The molecule has 1 saturated carbocycles. The quantitative estimate of drug-likeness (QED) is 0.270. The highest BCUT2D eigenvalue weighted by atomic mass is 32.2. The Morgan fingerprint density at radius 3 is 2.50 bits per heavy atom. The van der Waals surface area contributed by atoms with Crippen molar-refractivity contribution < 1.29 is 23.5 Å². The number of hydroxylamine groups is 1. The first-order valence-corrected chi connectivity index (χ1v) is 12.9. The van der Waals surface area contributed by atoms with Crippen LogP contribution in [0.15, 0.2) is 48.7 Å². The highest BCUT2D eigenvalue weighted by molar-refractivity contribution is 7.92. The van der Waals surface area contributed by atoms with Gasteiger partial charge in [-0.25, -0.2) is 13.9 Å². The van der Waals surface area contributed by atoms with Gasteiger partial charge in [-0.15, -0.1) is 0 Å². The van der Waals surface area contributed by atoms with Crippen molar-refractivity contribution in [2.75, 3.05) is 12.9 Å². The molecule has 1 aliphatic rings. The normalized spacial score (nSPS) is 19.2. The number of aliphatic hydroxyl groups is 1. The molecule has 1 heterocycles. The number of carbonyl (C=O) groups is 1. The van der Waals surface area contributed by atoms with Crippen molar-refractivity contribution in [2.45, 2.75) is 37.0 Å². The topological polar surface area (TPSA) is 122 Å². The first kappa shape index (κ1) is 24.0. The number of hydrogen-bond acceptors (Lipinski definition) is 6. The average Bonchev–Trinajstić information content (AvgIpc) is 3.51. The van der Waals surface area contributed by atoms with Gasteiger partial charge in [-0.2, -0.15) is 5.10 Å². The minimum atomic E-state index is -3.77. The van der Waals surface area contributed by atoms with E-state index >= 15 is 0 Å². The molecule has 1 aromatic heterocycles. The van der Waals surface area contributed by atoms with Crippen LogP contribution in [0.1, 0.15) is 42.4 Å². The van der Waals surface area contributed by atoms with Crippen molar-refractivity contribution >= 4 is 26.6 Å². The zero-order valence-corrected chi connectivity index (χ0v) is 19.8. The molecule has 0 aliphatic heterocycles. The van der Waals surface area contributed by atoms with Gasteiger partial charge < -0.3 is 5.11 Å². The fourth-order valence-electron chi connectivity index (χ4n) is 4.06. The summed E-state index contributed by atoms with van der Waals surface area (Å²) in [7, 11) is -3.77. The summed E-state index contributed by atoms with van der Waals surface area (Å²) in [6, 6.07) is 13.8. The Morgan fingerprint density at radius 1 is 1.21 bits per heavy atom. The van der Waals surface area contributed by atoms with Crippen LogP contribution < -0.4 is 5.48 Å². The SMILES string of the molecule is CC(CCn1ncc2cc(C#Cc3ccc([C@H]4C[C@@H]4CO)cc3)ccc21)(C(=O)NO)S(C)(=O)=O. The minimum Gasteiger partial charge on any atom is -0.396 e. The van der Waals surface area contributed by atoms with Crippen LogP contribution in [-0.4, -0.2) is 52.0 Å². The maximum absolute atomic E-state index is 12.2. The summed E-state index contributed by atoms with van der Waals surface area (Å²) >= 11 is 0. The molecule has 1 aliphatic carbocycles. The summed E-state index contributed by atoms with van der Waals surface area (Å²) in [5.41, 5.74) is 5.21. The number of aromatic nitrogens is 2. The maximum Gasteiger partial charge on any atom is 0.264 e. The van der Waals surface area contributed by atoms with Gasteiger partial charge in [-0.05, 0) is 67.5 Å².